The van der Waals surface area contributed by atoms with E-state index in [0.29, 0.717) is 42.4 Å². The Kier molecular flexibility index (Phi) is 5.28. The number of anilines is 2. The Hall–Kier alpha value is -3.22. The van der Waals surface area contributed by atoms with Gasteiger partial charge < -0.3 is 19.1 Å². The van der Waals surface area contributed by atoms with Gasteiger partial charge in [0.1, 0.15) is 12.2 Å². The summed E-state index contributed by atoms with van der Waals surface area (Å²) in [4.78, 5) is 29.5. The standard InChI is InChI=1S/C23H26N2O5/c1-23(2,3)30-22(27)25-14-8-13-24(16-9-4-5-10-17(16)25)21(26)20-15-28-18-11-6-7-12-19(18)29-20/h4-7,9-12,20H,8,13-15H2,1-3H3/t20-/m0/s1. The second-order valence-electron chi connectivity index (χ2n) is 8.33. The Morgan fingerprint density at radius 2 is 1.53 bits per heavy atom. The van der Waals surface area contributed by atoms with Crippen molar-refractivity contribution in [2.45, 2.75) is 38.9 Å². The summed E-state index contributed by atoms with van der Waals surface area (Å²) >= 11 is 0. The van der Waals surface area contributed by atoms with E-state index in [0.717, 1.165) is 0 Å². The number of carbonyl (C=O) groups is 2. The summed E-state index contributed by atoms with van der Waals surface area (Å²) in [6.07, 6.45) is -0.555. The van der Waals surface area contributed by atoms with Gasteiger partial charge in [0, 0.05) is 13.1 Å². The van der Waals surface area contributed by atoms with E-state index in [4.69, 9.17) is 14.2 Å². The zero-order valence-electron chi connectivity index (χ0n) is 17.5. The minimum Gasteiger partial charge on any atom is -0.485 e. The Bertz CT molecular complexity index is 953. The molecular formula is C23H26N2O5. The number of hydrogen-bond donors (Lipinski definition) is 0. The summed E-state index contributed by atoms with van der Waals surface area (Å²) in [6.45, 7) is 6.58. The third kappa shape index (κ3) is 4.06. The predicted octanol–water partition coefficient (Wildman–Crippen LogP) is 4.00. The molecule has 2 amide bonds. The van der Waals surface area contributed by atoms with Gasteiger partial charge in [-0.2, -0.15) is 0 Å². The molecular weight excluding hydrogens is 384 g/mol. The Morgan fingerprint density at radius 3 is 2.23 bits per heavy atom. The molecule has 2 aromatic rings. The first-order valence-electron chi connectivity index (χ1n) is 10.1. The molecule has 0 radical (unpaired) electrons. The van der Waals surface area contributed by atoms with E-state index in [9.17, 15) is 9.59 Å². The van der Waals surface area contributed by atoms with Crippen molar-refractivity contribution in [2.75, 3.05) is 29.5 Å². The van der Waals surface area contributed by atoms with E-state index < -0.39 is 17.8 Å². The quantitative estimate of drug-likeness (QED) is 0.711. The van der Waals surface area contributed by atoms with Crippen molar-refractivity contribution in [3.63, 3.8) is 0 Å². The van der Waals surface area contributed by atoms with E-state index in [1.807, 2.05) is 63.2 Å². The van der Waals surface area contributed by atoms with Gasteiger partial charge in [0.25, 0.3) is 5.91 Å². The maximum absolute atomic E-state index is 13.4. The molecule has 2 aliphatic rings. The minimum atomic E-state index is -0.749. The second kappa shape index (κ2) is 7.89. The lowest BCUT2D eigenvalue weighted by Gasteiger charge is -2.31. The minimum absolute atomic E-state index is 0.143. The first kappa shape index (κ1) is 20.1. The number of benzene rings is 2. The van der Waals surface area contributed by atoms with Crippen molar-refractivity contribution < 1.29 is 23.8 Å². The molecule has 0 fully saturated rings. The van der Waals surface area contributed by atoms with Crippen LogP contribution in [0, 0.1) is 0 Å². The summed E-state index contributed by atoms with van der Waals surface area (Å²) in [5, 5.41) is 0. The Labute approximate surface area is 176 Å². The zero-order valence-corrected chi connectivity index (χ0v) is 17.5. The lowest BCUT2D eigenvalue weighted by molar-refractivity contribution is -0.127. The van der Waals surface area contributed by atoms with Gasteiger partial charge in [-0.1, -0.05) is 24.3 Å². The second-order valence-corrected chi connectivity index (χ2v) is 8.33. The first-order chi connectivity index (χ1) is 14.3. The van der Waals surface area contributed by atoms with Crippen molar-refractivity contribution >= 4 is 23.4 Å². The van der Waals surface area contributed by atoms with Crippen LogP contribution in [0.3, 0.4) is 0 Å². The van der Waals surface area contributed by atoms with Crippen LogP contribution in [0.4, 0.5) is 16.2 Å². The molecule has 0 bridgehead atoms. The van der Waals surface area contributed by atoms with Gasteiger partial charge >= 0.3 is 6.09 Å². The predicted molar refractivity (Wildman–Crippen MR) is 113 cm³/mol. The topological polar surface area (TPSA) is 68.3 Å². The highest BCUT2D eigenvalue weighted by Gasteiger charge is 2.35. The zero-order chi connectivity index (χ0) is 21.3. The van der Waals surface area contributed by atoms with Crippen LogP contribution in [-0.4, -0.2) is 43.4 Å². The van der Waals surface area contributed by atoms with Crippen molar-refractivity contribution in [1.82, 2.24) is 0 Å². The van der Waals surface area contributed by atoms with E-state index in [1.165, 1.54) is 0 Å². The van der Waals surface area contributed by atoms with Crippen LogP contribution in [0.25, 0.3) is 0 Å². The molecule has 0 saturated heterocycles. The number of carbonyl (C=O) groups excluding carboxylic acids is 2. The van der Waals surface area contributed by atoms with Crippen LogP contribution in [-0.2, 0) is 9.53 Å². The molecule has 0 aromatic heterocycles. The van der Waals surface area contributed by atoms with E-state index in [-0.39, 0.29) is 12.5 Å². The van der Waals surface area contributed by atoms with Crippen LogP contribution in [0.2, 0.25) is 0 Å². The average molecular weight is 410 g/mol. The molecule has 7 heteroatoms. The van der Waals surface area contributed by atoms with Crippen molar-refractivity contribution in [1.29, 1.82) is 0 Å². The highest BCUT2D eigenvalue weighted by Crippen LogP contribution is 2.36. The first-order valence-corrected chi connectivity index (χ1v) is 10.1. The molecule has 2 aliphatic heterocycles. The number of nitrogens with zero attached hydrogens (tertiary/aromatic N) is 2. The number of fused-ring (bicyclic) bond motifs is 2. The highest BCUT2D eigenvalue weighted by atomic mass is 16.6. The van der Waals surface area contributed by atoms with Crippen LogP contribution in [0.15, 0.2) is 48.5 Å². The monoisotopic (exact) mass is 410 g/mol. The summed E-state index contributed by atoms with van der Waals surface area (Å²) in [5.41, 5.74) is 0.706. The van der Waals surface area contributed by atoms with Gasteiger partial charge in [0.15, 0.2) is 11.5 Å². The molecule has 0 spiro atoms. The molecule has 0 saturated carbocycles. The van der Waals surface area contributed by atoms with Crippen LogP contribution < -0.4 is 19.3 Å². The fraction of sp³-hybridized carbons (Fsp3) is 0.391. The smallest absolute Gasteiger partial charge is 0.414 e. The summed E-state index contributed by atoms with van der Waals surface area (Å²) in [6, 6.07) is 14.7. The van der Waals surface area contributed by atoms with Crippen LogP contribution in [0.1, 0.15) is 27.2 Å². The van der Waals surface area contributed by atoms with Gasteiger partial charge in [0.2, 0.25) is 6.10 Å². The molecule has 0 N–H and O–H groups in total. The molecule has 30 heavy (non-hydrogen) atoms. The molecule has 0 unspecified atom stereocenters. The maximum atomic E-state index is 13.4. The summed E-state index contributed by atoms with van der Waals surface area (Å²) in [5.74, 6) is 0.998. The molecule has 7 nitrogen and oxygen atoms in total. The molecule has 2 aromatic carbocycles. The Balaban J connectivity index is 1.60. The lowest BCUT2D eigenvalue weighted by Crippen LogP contribution is -2.46. The molecule has 2 heterocycles. The Morgan fingerprint density at radius 1 is 0.933 bits per heavy atom. The normalized spacial score (nSPS) is 18.3. The third-order valence-corrected chi connectivity index (χ3v) is 4.89. The maximum Gasteiger partial charge on any atom is 0.414 e. The molecule has 158 valence electrons. The molecule has 4 rings (SSSR count). The van der Waals surface area contributed by atoms with E-state index in [1.54, 1.807) is 15.9 Å². The number of amides is 2. The van der Waals surface area contributed by atoms with Gasteiger partial charge in [-0.05, 0) is 51.5 Å². The third-order valence-electron chi connectivity index (χ3n) is 4.89. The summed E-state index contributed by atoms with van der Waals surface area (Å²) < 4.78 is 17.2. The summed E-state index contributed by atoms with van der Waals surface area (Å²) in [7, 11) is 0. The number of rotatable bonds is 1. The van der Waals surface area contributed by atoms with Crippen molar-refractivity contribution in [3.05, 3.63) is 48.5 Å². The van der Waals surface area contributed by atoms with E-state index in [2.05, 4.69) is 0 Å². The van der Waals surface area contributed by atoms with Crippen molar-refractivity contribution in [2.24, 2.45) is 0 Å². The van der Waals surface area contributed by atoms with Crippen molar-refractivity contribution in [3.8, 4) is 11.5 Å². The number of para-hydroxylation sites is 4. The fourth-order valence-corrected chi connectivity index (χ4v) is 3.60. The van der Waals surface area contributed by atoms with E-state index >= 15 is 0 Å². The van der Waals surface area contributed by atoms with Crippen LogP contribution >= 0.6 is 0 Å². The van der Waals surface area contributed by atoms with Crippen LogP contribution in [0.5, 0.6) is 11.5 Å². The largest absolute Gasteiger partial charge is 0.485 e. The van der Waals surface area contributed by atoms with Gasteiger partial charge in [0.05, 0.1) is 11.4 Å². The van der Waals surface area contributed by atoms with Gasteiger partial charge in [-0.3, -0.25) is 9.69 Å². The average Bonchev–Trinajstić information content (AvgIpc) is 2.91. The molecule has 0 aliphatic carbocycles. The lowest BCUT2D eigenvalue weighted by atomic mass is 10.2. The SMILES string of the molecule is CC(C)(C)OC(=O)N1CCCN(C(=O)[C@@H]2COc3ccccc3O2)c2ccccc21. The van der Waals surface area contributed by atoms with Gasteiger partial charge in [-0.15, -0.1) is 0 Å². The molecule has 1 atom stereocenters. The fourth-order valence-electron chi connectivity index (χ4n) is 3.60. The number of ether oxygens (including phenoxy) is 3. The number of hydrogen-bond acceptors (Lipinski definition) is 5. The highest BCUT2D eigenvalue weighted by molar-refractivity contribution is 6.03. The van der Waals surface area contributed by atoms with Gasteiger partial charge in [-0.25, -0.2) is 4.79 Å².